The number of hydrogen-bond acceptors (Lipinski definition) is 7. The minimum absolute atomic E-state index is 0.176. The zero-order valence-corrected chi connectivity index (χ0v) is 18.5. The molecule has 0 aromatic heterocycles. The third-order valence-corrected chi connectivity index (χ3v) is 5.50. The van der Waals surface area contributed by atoms with Crippen molar-refractivity contribution in [3.05, 3.63) is 108 Å². The number of carbonyl (C=O) groups is 3. The van der Waals surface area contributed by atoms with Crippen LogP contribution in [0.4, 0.5) is 0 Å². The maximum atomic E-state index is 12.7. The van der Waals surface area contributed by atoms with Crippen molar-refractivity contribution in [3.63, 3.8) is 0 Å². The van der Waals surface area contributed by atoms with Gasteiger partial charge < -0.3 is 18.9 Å². The summed E-state index contributed by atoms with van der Waals surface area (Å²) in [4.78, 5) is 37.7. The highest BCUT2D eigenvalue weighted by Gasteiger charge is 2.47. The van der Waals surface area contributed by atoms with Gasteiger partial charge in [-0.3, -0.25) is 0 Å². The van der Waals surface area contributed by atoms with E-state index in [1.54, 1.807) is 97.9 Å². The zero-order chi connectivity index (χ0) is 23.9. The van der Waals surface area contributed by atoms with E-state index in [1.807, 2.05) is 0 Å². The van der Waals surface area contributed by atoms with Crippen molar-refractivity contribution >= 4 is 17.9 Å². The monoisotopic (exact) mass is 460 g/mol. The molecule has 1 aliphatic rings. The standard InChI is InChI=1S/C27H24O7/c1-18-23(33-25(29)20-13-7-3-8-14-20)22(17-31-24(28)19-11-5-2-6-12-19)32-27(18)34-26(30)21-15-9-4-10-16-21/h2-16,18,22-23,27H,17H2,1H3/t18-,22+,23-,27?/m0/s1. The van der Waals surface area contributed by atoms with E-state index in [4.69, 9.17) is 18.9 Å². The number of carbonyl (C=O) groups excluding carboxylic acids is 3. The molecule has 0 saturated carbocycles. The maximum absolute atomic E-state index is 12.7. The van der Waals surface area contributed by atoms with Gasteiger partial charge in [0, 0.05) is 0 Å². The molecule has 1 heterocycles. The van der Waals surface area contributed by atoms with Crippen LogP contribution in [0.2, 0.25) is 0 Å². The number of esters is 3. The van der Waals surface area contributed by atoms with Crippen LogP contribution in [-0.2, 0) is 18.9 Å². The van der Waals surface area contributed by atoms with Crippen LogP contribution < -0.4 is 0 Å². The van der Waals surface area contributed by atoms with Gasteiger partial charge in [0.15, 0.2) is 0 Å². The summed E-state index contributed by atoms with van der Waals surface area (Å²) in [5.74, 6) is -2.14. The molecule has 34 heavy (non-hydrogen) atoms. The highest BCUT2D eigenvalue weighted by atomic mass is 16.7. The second-order valence-electron chi connectivity index (χ2n) is 7.87. The molecule has 0 aliphatic carbocycles. The molecule has 4 rings (SSSR count). The van der Waals surface area contributed by atoms with Gasteiger partial charge in [-0.2, -0.15) is 0 Å². The Hall–Kier alpha value is -3.97. The third kappa shape index (κ3) is 5.50. The van der Waals surface area contributed by atoms with Gasteiger partial charge in [-0.1, -0.05) is 61.5 Å². The normalized spacial score (nSPS) is 21.4. The van der Waals surface area contributed by atoms with Crippen LogP contribution in [-0.4, -0.2) is 43.0 Å². The molecule has 1 unspecified atom stereocenters. The fraction of sp³-hybridized carbons (Fsp3) is 0.222. The van der Waals surface area contributed by atoms with Crippen molar-refractivity contribution in [2.75, 3.05) is 6.61 Å². The van der Waals surface area contributed by atoms with Gasteiger partial charge in [-0.25, -0.2) is 14.4 Å². The molecule has 0 N–H and O–H groups in total. The molecule has 0 spiro atoms. The number of hydrogen-bond donors (Lipinski definition) is 0. The van der Waals surface area contributed by atoms with E-state index in [-0.39, 0.29) is 6.61 Å². The molecule has 0 amide bonds. The van der Waals surface area contributed by atoms with Crippen LogP contribution >= 0.6 is 0 Å². The van der Waals surface area contributed by atoms with E-state index in [0.717, 1.165) is 0 Å². The Morgan fingerprint density at radius 2 is 1.12 bits per heavy atom. The summed E-state index contributed by atoms with van der Waals surface area (Å²) >= 11 is 0. The topological polar surface area (TPSA) is 88.1 Å². The first-order valence-electron chi connectivity index (χ1n) is 10.9. The molecule has 7 nitrogen and oxygen atoms in total. The summed E-state index contributed by atoms with van der Waals surface area (Å²) in [6, 6.07) is 25.6. The van der Waals surface area contributed by atoms with Crippen LogP contribution in [0.15, 0.2) is 91.0 Å². The minimum Gasteiger partial charge on any atom is -0.459 e. The molecular weight excluding hydrogens is 436 g/mol. The summed E-state index contributed by atoms with van der Waals surface area (Å²) in [5.41, 5.74) is 1.13. The van der Waals surface area contributed by atoms with Crippen molar-refractivity contribution in [3.8, 4) is 0 Å². The van der Waals surface area contributed by atoms with Crippen LogP contribution in [0.25, 0.3) is 0 Å². The summed E-state index contributed by atoms with van der Waals surface area (Å²) in [7, 11) is 0. The lowest BCUT2D eigenvalue weighted by molar-refractivity contribution is -0.125. The van der Waals surface area contributed by atoms with Crippen molar-refractivity contribution in [2.24, 2.45) is 5.92 Å². The van der Waals surface area contributed by atoms with Gasteiger partial charge in [0.1, 0.15) is 18.8 Å². The van der Waals surface area contributed by atoms with Crippen molar-refractivity contribution in [2.45, 2.75) is 25.4 Å². The second kappa shape index (κ2) is 10.8. The molecule has 0 bridgehead atoms. The molecular formula is C27H24O7. The Morgan fingerprint density at radius 3 is 1.62 bits per heavy atom. The minimum atomic E-state index is -0.985. The Labute approximate surface area is 197 Å². The van der Waals surface area contributed by atoms with Crippen LogP contribution in [0.1, 0.15) is 38.0 Å². The quantitative estimate of drug-likeness (QED) is 0.384. The first kappa shape index (κ1) is 23.2. The van der Waals surface area contributed by atoms with Crippen molar-refractivity contribution in [1.82, 2.24) is 0 Å². The number of benzene rings is 3. The largest absolute Gasteiger partial charge is 0.459 e. The highest BCUT2D eigenvalue weighted by Crippen LogP contribution is 2.32. The average molecular weight is 460 g/mol. The van der Waals surface area contributed by atoms with Gasteiger partial charge in [0.05, 0.1) is 22.6 Å². The molecule has 3 aromatic rings. The van der Waals surface area contributed by atoms with E-state index < -0.39 is 42.3 Å². The fourth-order valence-electron chi connectivity index (χ4n) is 3.65. The lowest BCUT2D eigenvalue weighted by Crippen LogP contribution is -2.35. The Kier molecular flexibility index (Phi) is 7.34. The van der Waals surface area contributed by atoms with Gasteiger partial charge in [-0.05, 0) is 36.4 Å². The number of ether oxygens (including phenoxy) is 4. The van der Waals surface area contributed by atoms with E-state index in [9.17, 15) is 14.4 Å². The molecule has 4 atom stereocenters. The predicted molar refractivity (Wildman–Crippen MR) is 122 cm³/mol. The molecule has 3 aromatic carbocycles. The van der Waals surface area contributed by atoms with Gasteiger partial charge in [-0.15, -0.1) is 0 Å². The molecule has 0 radical (unpaired) electrons. The summed E-state index contributed by atoms with van der Waals surface area (Å²) in [6.45, 7) is 1.58. The van der Waals surface area contributed by atoms with Gasteiger partial charge in [0.2, 0.25) is 6.29 Å². The van der Waals surface area contributed by atoms with E-state index in [1.165, 1.54) is 0 Å². The zero-order valence-electron chi connectivity index (χ0n) is 18.5. The van der Waals surface area contributed by atoms with E-state index in [0.29, 0.717) is 16.7 Å². The smallest absolute Gasteiger partial charge is 0.340 e. The van der Waals surface area contributed by atoms with Crippen LogP contribution in [0.5, 0.6) is 0 Å². The van der Waals surface area contributed by atoms with Crippen LogP contribution in [0, 0.1) is 5.92 Å². The SMILES string of the molecule is C[C@@H]1C(OC(=O)c2ccccc2)O[C@H](COC(=O)c2ccccc2)[C@H]1OC(=O)c1ccccc1. The molecule has 1 fully saturated rings. The van der Waals surface area contributed by atoms with E-state index >= 15 is 0 Å². The first-order valence-corrected chi connectivity index (χ1v) is 10.9. The molecule has 1 saturated heterocycles. The summed E-state index contributed by atoms with van der Waals surface area (Å²) in [6.07, 6.45) is -2.60. The lowest BCUT2D eigenvalue weighted by Gasteiger charge is -2.21. The van der Waals surface area contributed by atoms with Gasteiger partial charge in [0.25, 0.3) is 0 Å². The molecule has 1 aliphatic heterocycles. The maximum Gasteiger partial charge on any atom is 0.340 e. The Morgan fingerprint density at radius 1 is 0.676 bits per heavy atom. The lowest BCUT2D eigenvalue weighted by atomic mass is 10.0. The van der Waals surface area contributed by atoms with Gasteiger partial charge >= 0.3 is 17.9 Å². The Balaban J connectivity index is 1.47. The summed E-state index contributed by atoms with van der Waals surface area (Å²) in [5, 5.41) is 0. The van der Waals surface area contributed by atoms with E-state index in [2.05, 4.69) is 0 Å². The fourth-order valence-corrected chi connectivity index (χ4v) is 3.65. The Bertz CT molecular complexity index is 1120. The van der Waals surface area contributed by atoms with Crippen LogP contribution in [0.3, 0.4) is 0 Å². The molecule has 174 valence electrons. The second-order valence-corrected chi connectivity index (χ2v) is 7.87. The third-order valence-electron chi connectivity index (χ3n) is 5.50. The predicted octanol–water partition coefficient (Wildman–Crippen LogP) is 4.29. The number of rotatable bonds is 7. The van der Waals surface area contributed by atoms with Crippen molar-refractivity contribution < 1.29 is 33.3 Å². The molecule has 7 heteroatoms. The van der Waals surface area contributed by atoms with Crippen molar-refractivity contribution in [1.29, 1.82) is 0 Å². The summed E-state index contributed by atoms with van der Waals surface area (Å²) < 4.78 is 22.6. The average Bonchev–Trinajstić information content (AvgIpc) is 3.17. The first-order chi connectivity index (χ1) is 16.5. The highest BCUT2D eigenvalue weighted by molar-refractivity contribution is 5.90.